The lowest BCUT2D eigenvalue weighted by molar-refractivity contribution is -0.115. The number of rotatable bonds is 4. The molecule has 2 rings (SSSR count). The Morgan fingerprint density at radius 3 is 2.43 bits per heavy atom. The highest BCUT2D eigenvalue weighted by molar-refractivity contribution is 8.02. The quantitative estimate of drug-likeness (QED) is 0.845. The Bertz CT molecular complexity index is 646. The van der Waals surface area contributed by atoms with E-state index in [1.54, 1.807) is 0 Å². The molecule has 0 aliphatic heterocycles. The SMILES string of the molecule is Cc1cc(C)c(NC(=O)[C@@H](C)Sc2nnc(N)s2)c(C)c1. The van der Waals surface area contributed by atoms with Crippen LogP contribution in [0.25, 0.3) is 0 Å². The number of benzene rings is 1. The van der Waals surface area contributed by atoms with Crippen molar-refractivity contribution in [1.29, 1.82) is 0 Å². The number of carbonyl (C=O) groups is 1. The second-order valence-electron chi connectivity index (χ2n) is 4.93. The molecular weight excluding hydrogens is 304 g/mol. The first-order valence-corrected chi connectivity index (χ1v) is 8.20. The van der Waals surface area contributed by atoms with Crippen LogP contribution in [0.5, 0.6) is 0 Å². The Morgan fingerprint density at radius 1 is 1.29 bits per heavy atom. The fraction of sp³-hybridized carbons (Fsp3) is 0.357. The summed E-state index contributed by atoms with van der Waals surface area (Å²) in [6, 6.07) is 4.12. The number of nitrogens with zero attached hydrogens (tertiary/aromatic N) is 2. The summed E-state index contributed by atoms with van der Waals surface area (Å²) in [5, 5.41) is 10.8. The van der Waals surface area contributed by atoms with Crippen molar-refractivity contribution in [3.63, 3.8) is 0 Å². The predicted molar refractivity (Wildman–Crippen MR) is 88.9 cm³/mol. The van der Waals surface area contributed by atoms with E-state index in [0.29, 0.717) is 9.47 Å². The number of anilines is 2. The van der Waals surface area contributed by atoms with Crippen molar-refractivity contribution in [2.45, 2.75) is 37.3 Å². The van der Waals surface area contributed by atoms with E-state index in [1.165, 1.54) is 28.7 Å². The highest BCUT2D eigenvalue weighted by atomic mass is 32.2. The number of aryl methyl sites for hydroxylation is 3. The van der Waals surface area contributed by atoms with Crippen LogP contribution in [-0.2, 0) is 4.79 Å². The van der Waals surface area contributed by atoms with Crippen LogP contribution in [0.4, 0.5) is 10.8 Å². The minimum absolute atomic E-state index is 0.0520. The molecular formula is C14H18N4OS2. The van der Waals surface area contributed by atoms with Gasteiger partial charge in [-0.05, 0) is 38.8 Å². The lowest BCUT2D eigenvalue weighted by Crippen LogP contribution is -2.23. The maximum absolute atomic E-state index is 12.3. The molecule has 0 fully saturated rings. The summed E-state index contributed by atoms with van der Waals surface area (Å²) >= 11 is 2.65. The van der Waals surface area contributed by atoms with E-state index >= 15 is 0 Å². The number of carbonyl (C=O) groups excluding carboxylic acids is 1. The first-order valence-electron chi connectivity index (χ1n) is 6.51. The van der Waals surface area contributed by atoms with Crippen molar-refractivity contribution in [1.82, 2.24) is 10.2 Å². The van der Waals surface area contributed by atoms with Gasteiger partial charge in [0.15, 0.2) is 4.34 Å². The van der Waals surface area contributed by atoms with E-state index in [2.05, 4.69) is 27.6 Å². The van der Waals surface area contributed by atoms with Gasteiger partial charge in [-0.2, -0.15) is 0 Å². The number of thioether (sulfide) groups is 1. The van der Waals surface area contributed by atoms with E-state index in [9.17, 15) is 4.79 Å². The Balaban J connectivity index is 2.07. The molecule has 0 radical (unpaired) electrons. The fourth-order valence-corrected chi connectivity index (χ4v) is 3.85. The lowest BCUT2D eigenvalue weighted by atomic mass is 10.1. The molecule has 2 aromatic rings. The van der Waals surface area contributed by atoms with Gasteiger partial charge >= 0.3 is 0 Å². The van der Waals surface area contributed by atoms with E-state index in [-0.39, 0.29) is 11.2 Å². The normalized spacial score (nSPS) is 12.2. The fourth-order valence-electron chi connectivity index (χ4n) is 2.07. The van der Waals surface area contributed by atoms with Crippen LogP contribution >= 0.6 is 23.1 Å². The van der Waals surface area contributed by atoms with Crippen molar-refractivity contribution in [2.24, 2.45) is 0 Å². The largest absolute Gasteiger partial charge is 0.374 e. The van der Waals surface area contributed by atoms with Crippen molar-refractivity contribution in [3.05, 3.63) is 28.8 Å². The third-order valence-corrected chi connectivity index (χ3v) is 4.93. The minimum atomic E-state index is -0.266. The van der Waals surface area contributed by atoms with Gasteiger partial charge in [0.25, 0.3) is 0 Å². The number of amides is 1. The standard InChI is InChI=1S/C14H18N4OS2/c1-7-5-8(2)11(9(3)6-7)16-12(19)10(4)20-14-18-17-13(15)21-14/h5-6,10H,1-4H3,(H2,15,17)(H,16,19)/t10-/m1/s1. The van der Waals surface area contributed by atoms with Crippen LogP contribution in [0.3, 0.4) is 0 Å². The van der Waals surface area contributed by atoms with Gasteiger partial charge < -0.3 is 11.1 Å². The minimum Gasteiger partial charge on any atom is -0.374 e. The molecule has 21 heavy (non-hydrogen) atoms. The number of hydrogen-bond donors (Lipinski definition) is 2. The maximum atomic E-state index is 12.3. The van der Waals surface area contributed by atoms with Gasteiger partial charge in [0.05, 0.1) is 5.25 Å². The van der Waals surface area contributed by atoms with E-state index in [0.717, 1.165) is 16.8 Å². The summed E-state index contributed by atoms with van der Waals surface area (Å²) in [5.74, 6) is -0.0520. The zero-order chi connectivity index (χ0) is 15.6. The van der Waals surface area contributed by atoms with Crippen molar-refractivity contribution in [3.8, 4) is 0 Å². The second-order valence-corrected chi connectivity index (χ2v) is 7.53. The van der Waals surface area contributed by atoms with Crippen LogP contribution < -0.4 is 11.1 Å². The zero-order valence-electron chi connectivity index (χ0n) is 12.4. The van der Waals surface area contributed by atoms with Crippen molar-refractivity contribution < 1.29 is 4.79 Å². The van der Waals surface area contributed by atoms with Crippen LogP contribution in [0.15, 0.2) is 16.5 Å². The summed E-state index contributed by atoms with van der Waals surface area (Å²) in [7, 11) is 0. The van der Waals surface area contributed by atoms with Crippen LogP contribution in [0, 0.1) is 20.8 Å². The highest BCUT2D eigenvalue weighted by Gasteiger charge is 2.18. The van der Waals surface area contributed by atoms with E-state index in [1.807, 2.05) is 27.7 Å². The molecule has 0 aliphatic rings. The summed E-state index contributed by atoms with van der Waals surface area (Å²) in [6.07, 6.45) is 0. The molecule has 1 heterocycles. The number of nitrogen functional groups attached to an aromatic ring is 1. The van der Waals surface area contributed by atoms with E-state index < -0.39 is 0 Å². The summed E-state index contributed by atoms with van der Waals surface area (Å²) in [4.78, 5) is 12.3. The van der Waals surface area contributed by atoms with Crippen LogP contribution in [0.2, 0.25) is 0 Å². The van der Waals surface area contributed by atoms with Gasteiger partial charge in [-0.25, -0.2) is 0 Å². The lowest BCUT2D eigenvalue weighted by Gasteiger charge is -2.15. The molecule has 0 aliphatic carbocycles. The average Bonchev–Trinajstić information content (AvgIpc) is 2.78. The number of nitrogens with one attached hydrogen (secondary N) is 1. The molecule has 0 spiro atoms. The van der Waals surface area contributed by atoms with Crippen LogP contribution in [-0.4, -0.2) is 21.4 Å². The van der Waals surface area contributed by atoms with Gasteiger partial charge in [-0.15, -0.1) is 10.2 Å². The summed E-state index contributed by atoms with van der Waals surface area (Å²) < 4.78 is 0.701. The Hall–Kier alpha value is -1.60. The predicted octanol–water partition coefficient (Wildman–Crippen LogP) is 3.16. The molecule has 0 unspecified atom stereocenters. The van der Waals surface area contributed by atoms with Crippen LogP contribution in [0.1, 0.15) is 23.6 Å². The van der Waals surface area contributed by atoms with Gasteiger partial charge in [0.1, 0.15) is 0 Å². The Labute approximate surface area is 132 Å². The first-order chi connectivity index (χ1) is 9.86. The maximum Gasteiger partial charge on any atom is 0.237 e. The molecule has 5 nitrogen and oxygen atoms in total. The monoisotopic (exact) mass is 322 g/mol. The Kier molecular flexibility index (Phi) is 4.84. The molecule has 1 amide bonds. The van der Waals surface area contributed by atoms with Gasteiger partial charge in [0.2, 0.25) is 11.0 Å². The third-order valence-electron chi connectivity index (χ3n) is 2.99. The second kappa shape index (κ2) is 6.44. The molecule has 7 heteroatoms. The molecule has 0 bridgehead atoms. The van der Waals surface area contributed by atoms with Gasteiger partial charge in [-0.3, -0.25) is 4.79 Å². The zero-order valence-corrected chi connectivity index (χ0v) is 14.1. The molecule has 0 saturated carbocycles. The van der Waals surface area contributed by atoms with Crippen molar-refractivity contribution in [2.75, 3.05) is 11.1 Å². The van der Waals surface area contributed by atoms with Crippen molar-refractivity contribution >= 4 is 39.8 Å². The van der Waals surface area contributed by atoms with Gasteiger partial charge in [0, 0.05) is 5.69 Å². The van der Waals surface area contributed by atoms with Gasteiger partial charge in [-0.1, -0.05) is 40.8 Å². The first kappa shape index (κ1) is 15.8. The molecule has 1 atom stereocenters. The smallest absolute Gasteiger partial charge is 0.237 e. The summed E-state index contributed by atoms with van der Waals surface area (Å²) in [5.41, 5.74) is 9.75. The molecule has 3 N–H and O–H groups in total. The Morgan fingerprint density at radius 2 is 1.90 bits per heavy atom. The molecule has 112 valence electrons. The number of nitrogens with two attached hydrogens (primary N) is 1. The molecule has 0 saturated heterocycles. The number of hydrogen-bond acceptors (Lipinski definition) is 6. The average molecular weight is 322 g/mol. The van der Waals surface area contributed by atoms with E-state index in [4.69, 9.17) is 5.73 Å². The summed E-state index contributed by atoms with van der Waals surface area (Å²) in [6.45, 7) is 7.89. The molecule has 1 aromatic carbocycles. The highest BCUT2D eigenvalue weighted by Crippen LogP contribution is 2.29. The third kappa shape index (κ3) is 3.95. The number of aromatic nitrogens is 2. The molecule has 1 aromatic heterocycles. The topological polar surface area (TPSA) is 80.9 Å².